The molecule has 1 fully saturated rings. The Bertz CT molecular complexity index is 1140. The fourth-order valence-electron chi connectivity index (χ4n) is 4.51. The predicted molar refractivity (Wildman–Crippen MR) is 123 cm³/mol. The molecule has 0 saturated carbocycles. The van der Waals surface area contributed by atoms with Gasteiger partial charge in [-0.25, -0.2) is 4.98 Å². The van der Waals surface area contributed by atoms with Gasteiger partial charge in [0.1, 0.15) is 4.83 Å². The Kier molecular flexibility index (Phi) is 5.41. The molecular formula is C23H25N3O2S2. The lowest BCUT2D eigenvalue weighted by Crippen LogP contribution is -2.38. The molecule has 5 nitrogen and oxygen atoms in total. The highest BCUT2D eigenvalue weighted by molar-refractivity contribution is 7.99. The number of thioether (sulfide) groups is 1. The number of hydrogen-bond acceptors (Lipinski definition) is 5. The summed E-state index contributed by atoms with van der Waals surface area (Å²) < 4.78 is 1.81. The van der Waals surface area contributed by atoms with Gasteiger partial charge in [0.15, 0.2) is 5.16 Å². The predicted octanol–water partition coefficient (Wildman–Crippen LogP) is 4.43. The number of amides is 1. The SMILES string of the molecule is CC(=O)N1CCC(Sc2nc3sc4c(c3c(=O)n2-c2ccccc2)CCCC4)CC1. The Balaban J connectivity index is 1.58. The molecule has 0 unspecified atom stereocenters. The number of hydrogen-bond donors (Lipinski definition) is 0. The van der Waals surface area contributed by atoms with Gasteiger partial charge in [0.25, 0.3) is 5.56 Å². The summed E-state index contributed by atoms with van der Waals surface area (Å²) in [5.74, 6) is 0.142. The van der Waals surface area contributed by atoms with Crippen LogP contribution < -0.4 is 5.56 Å². The minimum atomic E-state index is 0.0641. The molecule has 0 bridgehead atoms. The normalized spacial score (nSPS) is 17.3. The average Bonchev–Trinajstić information content (AvgIpc) is 3.13. The topological polar surface area (TPSA) is 55.2 Å². The fraction of sp³-hybridized carbons (Fsp3) is 0.435. The summed E-state index contributed by atoms with van der Waals surface area (Å²) in [6, 6.07) is 9.87. The molecule has 3 heterocycles. The van der Waals surface area contributed by atoms with Crippen LogP contribution in [0.5, 0.6) is 0 Å². The maximum Gasteiger partial charge on any atom is 0.267 e. The summed E-state index contributed by atoms with van der Waals surface area (Å²) in [7, 11) is 0. The van der Waals surface area contributed by atoms with E-state index in [9.17, 15) is 9.59 Å². The van der Waals surface area contributed by atoms with Crippen LogP contribution >= 0.6 is 23.1 Å². The Morgan fingerprint density at radius 3 is 2.60 bits per heavy atom. The van der Waals surface area contributed by atoms with Crippen molar-refractivity contribution in [1.29, 1.82) is 0 Å². The van der Waals surface area contributed by atoms with E-state index in [0.29, 0.717) is 5.25 Å². The Hall–Kier alpha value is -2.12. The number of fused-ring (bicyclic) bond motifs is 3. The van der Waals surface area contributed by atoms with Crippen LogP contribution in [-0.2, 0) is 17.6 Å². The highest BCUT2D eigenvalue weighted by Crippen LogP contribution is 2.37. The second kappa shape index (κ2) is 8.19. The molecule has 0 radical (unpaired) electrons. The zero-order chi connectivity index (χ0) is 20.7. The van der Waals surface area contributed by atoms with Crippen molar-refractivity contribution in [3.05, 3.63) is 51.1 Å². The number of aromatic nitrogens is 2. The summed E-state index contributed by atoms with van der Waals surface area (Å²) in [6.45, 7) is 3.19. The summed E-state index contributed by atoms with van der Waals surface area (Å²) in [4.78, 5) is 34.6. The van der Waals surface area contributed by atoms with Gasteiger partial charge in [0.05, 0.1) is 11.1 Å². The van der Waals surface area contributed by atoms with Crippen molar-refractivity contribution < 1.29 is 4.79 Å². The third-order valence-corrected chi connectivity index (χ3v) is 8.61. The number of likely N-dealkylation sites (tertiary alicyclic amines) is 1. The van der Waals surface area contributed by atoms with Crippen LogP contribution in [0.2, 0.25) is 0 Å². The van der Waals surface area contributed by atoms with E-state index in [4.69, 9.17) is 4.98 Å². The molecule has 7 heteroatoms. The van der Waals surface area contributed by atoms with Crippen LogP contribution in [0.3, 0.4) is 0 Å². The number of benzene rings is 1. The third kappa shape index (κ3) is 3.58. The van der Waals surface area contributed by atoms with Crippen molar-refractivity contribution in [2.45, 2.75) is 55.9 Å². The van der Waals surface area contributed by atoms with Gasteiger partial charge in [-0.1, -0.05) is 30.0 Å². The quantitative estimate of drug-likeness (QED) is 0.567. The van der Waals surface area contributed by atoms with E-state index in [0.717, 1.165) is 66.3 Å². The summed E-state index contributed by atoms with van der Waals surface area (Å²) in [5.41, 5.74) is 2.17. The average molecular weight is 440 g/mol. The molecule has 1 amide bonds. The highest BCUT2D eigenvalue weighted by atomic mass is 32.2. The molecule has 0 N–H and O–H groups in total. The second-order valence-electron chi connectivity index (χ2n) is 8.08. The molecule has 0 atom stereocenters. The van der Waals surface area contributed by atoms with Crippen LogP contribution in [0.25, 0.3) is 15.9 Å². The first-order chi connectivity index (χ1) is 14.6. The van der Waals surface area contributed by atoms with Crippen molar-refractivity contribution in [3.8, 4) is 5.69 Å². The first kappa shape index (κ1) is 19.8. The molecule has 156 valence electrons. The van der Waals surface area contributed by atoms with Crippen molar-refractivity contribution in [1.82, 2.24) is 14.5 Å². The van der Waals surface area contributed by atoms with Crippen LogP contribution in [0.15, 0.2) is 40.3 Å². The lowest BCUT2D eigenvalue weighted by molar-refractivity contribution is -0.129. The lowest BCUT2D eigenvalue weighted by Gasteiger charge is -2.31. The number of thiophene rings is 1. The van der Waals surface area contributed by atoms with Gasteiger partial charge < -0.3 is 4.90 Å². The van der Waals surface area contributed by atoms with E-state index in [2.05, 4.69) is 0 Å². The molecule has 3 aromatic rings. The van der Waals surface area contributed by atoms with Gasteiger partial charge in [-0.15, -0.1) is 11.3 Å². The highest BCUT2D eigenvalue weighted by Gasteiger charge is 2.26. The number of aryl methyl sites for hydroxylation is 2. The van der Waals surface area contributed by atoms with Crippen LogP contribution in [0, 0.1) is 0 Å². The smallest absolute Gasteiger partial charge is 0.267 e. The first-order valence-electron chi connectivity index (χ1n) is 10.7. The summed E-state index contributed by atoms with van der Waals surface area (Å²) in [5, 5.41) is 1.96. The summed E-state index contributed by atoms with van der Waals surface area (Å²) in [6.07, 6.45) is 6.24. The number of para-hydroxylation sites is 1. The molecule has 1 aliphatic carbocycles. The molecule has 0 spiro atoms. The van der Waals surface area contributed by atoms with Gasteiger partial charge in [-0.05, 0) is 56.2 Å². The van der Waals surface area contributed by atoms with Gasteiger partial charge in [0.2, 0.25) is 5.91 Å². The molecule has 2 aromatic heterocycles. The number of rotatable bonds is 3. The van der Waals surface area contributed by atoms with E-state index in [1.165, 1.54) is 16.9 Å². The van der Waals surface area contributed by atoms with E-state index >= 15 is 0 Å². The van der Waals surface area contributed by atoms with Gasteiger partial charge in [0, 0.05) is 30.1 Å². The maximum absolute atomic E-state index is 13.7. The monoisotopic (exact) mass is 439 g/mol. The molecule has 1 aromatic carbocycles. The minimum Gasteiger partial charge on any atom is -0.343 e. The van der Waals surface area contributed by atoms with E-state index in [1.54, 1.807) is 30.0 Å². The zero-order valence-electron chi connectivity index (χ0n) is 17.1. The van der Waals surface area contributed by atoms with Gasteiger partial charge in [-0.2, -0.15) is 0 Å². The number of piperidine rings is 1. The Morgan fingerprint density at radius 1 is 1.13 bits per heavy atom. The fourth-order valence-corrected chi connectivity index (χ4v) is 7.00. The minimum absolute atomic E-state index is 0.0641. The van der Waals surface area contributed by atoms with Crippen LogP contribution in [-0.4, -0.2) is 38.7 Å². The first-order valence-corrected chi connectivity index (χ1v) is 12.4. The third-order valence-electron chi connectivity index (χ3n) is 6.13. The Morgan fingerprint density at radius 2 is 1.87 bits per heavy atom. The van der Waals surface area contributed by atoms with Gasteiger partial charge >= 0.3 is 0 Å². The van der Waals surface area contributed by atoms with Crippen molar-refractivity contribution in [2.75, 3.05) is 13.1 Å². The van der Waals surface area contributed by atoms with E-state index < -0.39 is 0 Å². The summed E-state index contributed by atoms with van der Waals surface area (Å²) >= 11 is 3.40. The van der Waals surface area contributed by atoms with Crippen LogP contribution in [0.4, 0.5) is 0 Å². The molecule has 1 saturated heterocycles. The lowest BCUT2D eigenvalue weighted by atomic mass is 9.97. The maximum atomic E-state index is 13.7. The molecule has 2 aliphatic rings. The molecule has 30 heavy (non-hydrogen) atoms. The second-order valence-corrected chi connectivity index (χ2v) is 10.4. The molecule has 5 rings (SSSR count). The number of nitrogens with zero attached hydrogens (tertiary/aromatic N) is 3. The number of carbonyl (C=O) groups excluding carboxylic acids is 1. The van der Waals surface area contributed by atoms with Crippen molar-refractivity contribution >= 4 is 39.2 Å². The Labute approximate surface area is 184 Å². The van der Waals surface area contributed by atoms with Gasteiger partial charge in [-0.3, -0.25) is 14.2 Å². The standard InChI is InChI=1S/C23H25N3O2S2/c1-15(27)25-13-11-17(12-14-25)29-23-24-21-20(18-9-5-6-10-19(18)30-21)22(28)26(23)16-7-3-2-4-8-16/h2-4,7-8,17H,5-6,9-14H2,1H3. The van der Waals surface area contributed by atoms with Crippen molar-refractivity contribution in [2.24, 2.45) is 0 Å². The molecule has 1 aliphatic heterocycles. The van der Waals surface area contributed by atoms with E-state index in [1.807, 2.05) is 39.8 Å². The largest absolute Gasteiger partial charge is 0.343 e. The molecular weight excluding hydrogens is 414 g/mol. The van der Waals surface area contributed by atoms with E-state index in [-0.39, 0.29) is 11.5 Å². The number of carbonyl (C=O) groups is 1. The van der Waals surface area contributed by atoms with Crippen LogP contribution in [0.1, 0.15) is 43.0 Å². The van der Waals surface area contributed by atoms with Crippen molar-refractivity contribution in [3.63, 3.8) is 0 Å². The zero-order valence-corrected chi connectivity index (χ0v) is 18.7.